The van der Waals surface area contributed by atoms with Crippen molar-refractivity contribution in [2.24, 2.45) is 0 Å². The van der Waals surface area contributed by atoms with E-state index < -0.39 is 10.0 Å². The monoisotopic (exact) mass is 470 g/mol. The number of carbonyl (C=O) groups excluding carboxylic acids is 1. The lowest BCUT2D eigenvalue weighted by Crippen LogP contribution is -2.48. The van der Waals surface area contributed by atoms with Crippen molar-refractivity contribution in [2.45, 2.75) is 37.4 Å². The zero-order valence-electron chi connectivity index (χ0n) is 16.8. The average molecular weight is 471 g/mol. The largest absolute Gasteiger partial charge is 0.373 e. The summed E-state index contributed by atoms with van der Waals surface area (Å²) in [5.41, 5.74) is 1.31. The van der Waals surface area contributed by atoms with Crippen LogP contribution in [-0.4, -0.2) is 50.5 Å². The molecule has 9 heteroatoms. The molecule has 0 saturated carbocycles. The Bertz CT molecular complexity index is 982. The van der Waals surface area contributed by atoms with Gasteiger partial charge in [0.05, 0.1) is 17.1 Å². The molecule has 2 atom stereocenters. The molecule has 3 rings (SSSR count). The second-order valence-corrected chi connectivity index (χ2v) is 10.2. The van der Waals surface area contributed by atoms with Crippen LogP contribution in [0.5, 0.6) is 0 Å². The maximum Gasteiger partial charge on any atom is 0.251 e. The van der Waals surface area contributed by atoms with Crippen molar-refractivity contribution >= 4 is 39.1 Å². The Morgan fingerprint density at radius 3 is 2.20 bits per heavy atom. The number of amides is 1. The zero-order chi connectivity index (χ0) is 21.9. The highest BCUT2D eigenvalue weighted by Gasteiger charge is 2.32. The van der Waals surface area contributed by atoms with Crippen LogP contribution in [0, 0.1) is 0 Å². The lowest BCUT2D eigenvalue weighted by atomic mass is 10.1. The van der Waals surface area contributed by atoms with Crippen LogP contribution >= 0.6 is 23.2 Å². The van der Waals surface area contributed by atoms with E-state index in [0.29, 0.717) is 41.7 Å². The maximum absolute atomic E-state index is 12.9. The van der Waals surface area contributed by atoms with Crippen LogP contribution in [0.25, 0.3) is 0 Å². The van der Waals surface area contributed by atoms with Crippen molar-refractivity contribution in [3.8, 4) is 0 Å². The summed E-state index contributed by atoms with van der Waals surface area (Å²) in [5.74, 6) is -0.277. The van der Waals surface area contributed by atoms with Crippen LogP contribution in [0.4, 0.5) is 0 Å². The standard InChI is InChI=1S/C21H24Cl2N2O4S/c1-14-12-25(13-15(2)29-14)30(27,28)20-5-3-17(4-6-20)21(26)24-8-7-16-9-18(22)11-19(23)10-16/h3-6,9-11,14-15H,7-8,12-13H2,1-2H3,(H,24,26). The van der Waals surface area contributed by atoms with Crippen LogP contribution in [0.3, 0.4) is 0 Å². The molecule has 1 saturated heterocycles. The first-order chi connectivity index (χ1) is 14.1. The Balaban J connectivity index is 1.61. The molecule has 1 aliphatic rings. The first kappa shape index (κ1) is 23.0. The molecule has 1 N–H and O–H groups in total. The Hall–Kier alpha value is -1.64. The molecule has 1 amide bonds. The molecule has 0 spiro atoms. The molecular formula is C21H24Cl2N2O4S. The van der Waals surface area contributed by atoms with E-state index in [0.717, 1.165) is 5.56 Å². The quantitative estimate of drug-likeness (QED) is 0.696. The number of morpholine rings is 1. The summed E-state index contributed by atoms with van der Waals surface area (Å²) >= 11 is 12.0. The van der Waals surface area contributed by atoms with E-state index in [4.69, 9.17) is 27.9 Å². The third-order valence-electron chi connectivity index (χ3n) is 4.76. The van der Waals surface area contributed by atoms with Gasteiger partial charge in [-0.3, -0.25) is 4.79 Å². The van der Waals surface area contributed by atoms with E-state index >= 15 is 0 Å². The van der Waals surface area contributed by atoms with Crippen LogP contribution in [0.2, 0.25) is 10.0 Å². The van der Waals surface area contributed by atoms with Crippen molar-refractivity contribution in [3.05, 3.63) is 63.6 Å². The topological polar surface area (TPSA) is 75.7 Å². The van der Waals surface area contributed by atoms with Gasteiger partial charge in [-0.2, -0.15) is 4.31 Å². The zero-order valence-corrected chi connectivity index (χ0v) is 19.1. The Morgan fingerprint density at radius 1 is 1.07 bits per heavy atom. The van der Waals surface area contributed by atoms with Gasteiger partial charge in [0.15, 0.2) is 0 Å². The molecule has 0 bridgehead atoms. The fourth-order valence-corrected chi connectivity index (χ4v) is 5.59. The second-order valence-electron chi connectivity index (χ2n) is 7.39. The highest BCUT2D eigenvalue weighted by molar-refractivity contribution is 7.89. The van der Waals surface area contributed by atoms with Gasteiger partial charge in [-0.15, -0.1) is 0 Å². The molecule has 1 heterocycles. The van der Waals surface area contributed by atoms with Gasteiger partial charge < -0.3 is 10.1 Å². The summed E-state index contributed by atoms with van der Waals surface area (Å²) < 4.78 is 32.8. The van der Waals surface area contributed by atoms with E-state index in [1.165, 1.54) is 28.6 Å². The SMILES string of the molecule is CC1CN(S(=O)(=O)c2ccc(C(=O)NCCc3cc(Cl)cc(Cl)c3)cc2)CC(C)O1. The van der Waals surface area contributed by atoms with Crippen molar-refractivity contribution in [1.29, 1.82) is 0 Å². The molecule has 6 nitrogen and oxygen atoms in total. The number of hydrogen-bond donors (Lipinski definition) is 1. The molecule has 30 heavy (non-hydrogen) atoms. The molecule has 0 aliphatic carbocycles. The fraction of sp³-hybridized carbons (Fsp3) is 0.381. The smallest absolute Gasteiger partial charge is 0.251 e. The minimum absolute atomic E-state index is 0.161. The Kier molecular flexibility index (Phi) is 7.42. The van der Waals surface area contributed by atoms with E-state index in [9.17, 15) is 13.2 Å². The second kappa shape index (κ2) is 9.66. The molecule has 2 aromatic rings. The third kappa shape index (κ3) is 5.74. The molecule has 162 valence electrons. The van der Waals surface area contributed by atoms with Crippen molar-refractivity contribution in [3.63, 3.8) is 0 Å². The first-order valence-corrected chi connectivity index (χ1v) is 11.8. The molecule has 1 fully saturated rings. The van der Waals surface area contributed by atoms with E-state index in [2.05, 4.69) is 5.32 Å². The Morgan fingerprint density at radius 2 is 1.63 bits per heavy atom. The number of hydrogen-bond acceptors (Lipinski definition) is 4. The minimum Gasteiger partial charge on any atom is -0.373 e. The summed E-state index contributed by atoms with van der Waals surface area (Å²) in [6.45, 7) is 4.72. The van der Waals surface area contributed by atoms with Gasteiger partial charge in [0.1, 0.15) is 0 Å². The number of halogens is 2. The minimum atomic E-state index is -3.63. The number of carbonyl (C=O) groups is 1. The van der Waals surface area contributed by atoms with Crippen LogP contribution in [0.1, 0.15) is 29.8 Å². The summed E-state index contributed by atoms with van der Waals surface area (Å²) in [6.07, 6.45) is 0.247. The van der Waals surface area contributed by atoms with Crippen LogP contribution in [-0.2, 0) is 21.2 Å². The number of nitrogens with one attached hydrogen (secondary N) is 1. The predicted molar refractivity (Wildman–Crippen MR) is 118 cm³/mol. The normalized spacial score (nSPS) is 20.1. The van der Waals surface area contributed by atoms with Crippen LogP contribution in [0.15, 0.2) is 47.4 Å². The summed E-state index contributed by atoms with van der Waals surface area (Å²) in [7, 11) is -3.63. The molecule has 0 radical (unpaired) electrons. The molecule has 2 unspecified atom stereocenters. The van der Waals surface area contributed by atoms with Crippen LogP contribution < -0.4 is 5.32 Å². The van der Waals surface area contributed by atoms with Crippen molar-refractivity contribution in [2.75, 3.05) is 19.6 Å². The van der Waals surface area contributed by atoms with Gasteiger partial charge in [-0.1, -0.05) is 23.2 Å². The van der Waals surface area contributed by atoms with Gasteiger partial charge in [0.2, 0.25) is 10.0 Å². The predicted octanol–water partition coefficient (Wildman–Crippen LogP) is 3.76. The van der Waals surface area contributed by atoms with Gasteiger partial charge in [-0.25, -0.2) is 8.42 Å². The summed E-state index contributed by atoms with van der Waals surface area (Å²) in [4.78, 5) is 12.5. The van der Waals surface area contributed by atoms with E-state index in [-0.39, 0.29) is 23.0 Å². The number of benzene rings is 2. The van der Waals surface area contributed by atoms with E-state index in [1.807, 2.05) is 13.8 Å². The molecule has 0 aromatic heterocycles. The first-order valence-electron chi connectivity index (χ1n) is 9.64. The third-order valence-corrected chi connectivity index (χ3v) is 7.04. The number of rotatable bonds is 6. The lowest BCUT2D eigenvalue weighted by Gasteiger charge is -2.34. The van der Waals surface area contributed by atoms with Gasteiger partial charge in [0, 0.05) is 35.2 Å². The Labute approximate surface area is 187 Å². The summed E-state index contributed by atoms with van der Waals surface area (Å²) in [6, 6.07) is 11.2. The molecular weight excluding hydrogens is 447 g/mol. The van der Waals surface area contributed by atoms with Gasteiger partial charge in [-0.05, 0) is 68.3 Å². The van der Waals surface area contributed by atoms with Crippen molar-refractivity contribution < 1.29 is 17.9 Å². The summed E-state index contributed by atoms with van der Waals surface area (Å²) in [5, 5.41) is 3.91. The van der Waals surface area contributed by atoms with Gasteiger partial charge >= 0.3 is 0 Å². The maximum atomic E-state index is 12.9. The van der Waals surface area contributed by atoms with Gasteiger partial charge in [0.25, 0.3) is 5.91 Å². The number of nitrogens with zero attached hydrogens (tertiary/aromatic N) is 1. The number of sulfonamides is 1. The molecule has 1 aliphatic heterocycles. The van der Waals surface area contributed by atoms with E-state index in [1.54, 1.807) is 18.2 Å². The highest BCUT2D eigenvalue weighted by Crippen LogP contribution is 2.22. The van der Waals surface area contributed by atoms with Crippen molar-refractivity contribution in [1.82, 2.24) is 9.62 Å². The number of ether oxygens (including phenoxy) is 1. The average Bonchev–Trinajstić information content (AvgIpc) is 2.66. The highest BCUT2D eigenvalue weighted by atomic mass is 35.5. The fourth-order valence-electron chi connectivity index (χ4n) is 3.43. The lowest BCUT2D eigenvalue weighted by molar-refractivity contribution is -0.0440. The molecule has 2 aromatic carbocycles.